The Morgan fingerprint density at radius 1 is 1.10 bits per heavy atom. The van der Waals surface area contributed by atoms with E-state index in [1.165, 1.54) is 17.8 Å². The molecule has 1 aromatic heterocycles. The van der Waals surface area contributed by atoms with E-state index in [1.807, 2.05) is 11.5 Å². The highest BCUT2D eigenvalue weighted by molar-refractivity contribution is 7.98. The molecule has 0 aliphatic heterocycles. The number of benzene rings is 2. The van der Waals surface area contributed by atoms with Crippen LogP contribution in [0.3, 0.4) is 0 Å². The quantitative estimate of drug-likeness (QED) is 0.354. The van der Waals surface area contributed by atoms with Crippen LogP contribution < -0.4 is 0 Å². The first-order valence-electron chi connectivity index (χ1n) is 8.65. The lowest BCUT2D eigenvalue weighted by Crippen LogP contribution is -2.08. The van der Waals surface area contributed by atoms with Gasteiger partial charge in [-0.2, -0.15) is 0 Å². The zero-order valence-corrected chi connectivity index (χ0v) is 19.3. The van der Waals surface area contributed by atoms with E-state index in [-0.39, 0.29) is 11.6 Å². The summed E-state index contributed by atoms with van der Waals surface area (Å²) in [5, 5.41) is 10.4. The standard InChI is InChI=1S/C19H17Cl3FN3OS2/c1-2-26-18(11-29(27)10-12-6-7-13(20)8-16(12)22)24-25-19(26)28-9-14-15(21)4-3-5-17(14)23/h3-8H,2,9-11H2,1H3. The third-order valence-electron chi connectivity index (χ3n) is 4.14. The van der Waals surface area contributed by atoms with Crippen molar-refractivity contribution >= 4 is 57.4 Å². The van der Waals surface area contributed by atoms with E-state index in [4.69, 9.17) is 34.8 Å². The molecular formula is C19H17Cl3FN3OS2. The first kappa shape index (κ1) is 22.6. The largest absolute Gasteiger partial charge is 0.306 e. The van der Waals surface area contributed by atoms with Crippen LogP contribution in [0.4, 0.5) is 4.39 Å². The molecule has 0 amide bonds. The molecule has 0 saturated heterocycles. The summed E-state index contributed by atoms with van der Waals surface area (Å²) < 4.78 is 28.5. The van der Waals surface area contributed by atoms with Gasteiger partial charge in [-0.25, -0.2) is 4.39 Å². The van der Waals surface area contributed by atoms with Gasteiger partial charge in [0.15, 0.2) is 5.16 Å². The topological polar surface area (TPSA) is 47.8 Å². The van der Waals surface area contributed by atoms with Crippen molar-refractivity contribution in [3.05, 3.63) is 74.2 Å². The Labute approximate surface area is 190 Å². The van der Waals surface area contributed by atoms with Gasteiger partial charge in [0.2, 0.25) is 0 Å². The first-order valence-corrected chi connectivity index (χ1v) is 12.3. The Hall–Kier alpha value is -1.12. The van der Waals surface area contributed by atoms with Gasteiger partial charge in [0.25, 0.3) is 0 Å². The normalized spacial score (nSPS) is 12.3. The fourth-order valence-electron chi connectivity index (χ4n) is 2.66. The Morgan fingerprint density at radius 3 is 2.59 bits per heavy atom. The highest BCUT2D eigenvalue weighted by Gasteiger charge is 2.16. The van der Waals surface area contributed by atoms with Crippen LogP contribution in [0.1, 0.15) is 23.9 Å². The van der Waals surface area contributed by atoms with Crippen molar-refractivity contribution in [2.75, 3.05) is 0 Å². The molecule has 0 aliphatic rings. The Balaban J connectivity index is 1.69. The average molecular weight is 493 g/mol. The molecule has 1 unspecified atom stereocenters. The van der Waals surface area contributed by atoms with Gasteiger partial charge in [0.05, 0.1) is 11.5 Å². The van der Waals surface area contributed by atoms with Crippen molar-refractivity contribution in [3.8, 4) is 0 Å². The van der Waals surface area contributed by atoms with Crippen LogP contribution in [0.25, 0.3) is 0 Å². The molecule has 0 spiro atoms. The van der Waals surface area contributed by atoms with Crippen molar-refractivity contribution in [1.82, 2.24) is 14.8 Å². The molecule has 154 valence electrons. The maximum absolute atomic E-state index is 14.0. The van der Waals surface area contributed by atoms with E-state index in [0.717, 1.165) is 5.56 Å². The monoisotopic (exact) mass is 491 g/mol. The molecule has 0 radical (unpaired) electrons. The maximum Gasteiger partial charge on any atom is 0.191 e. The summed E-state index contributed by atoms with van der Waals surface area (Å²) in [6.07, 6.45) is 0. The second-order valence-corrected chi connectivity index (χ2v) is 9.75. The molecular weight excluding hydrogens is 476 g/mol. The van der Waals surface area contributed by atoms with E-state index in [2.05, 4.69) is 10.2 Å². The van der Waals surface area contributed by atoms with Gasteiger partial charge in [0, 0.05) is 43.7 Å². The molecule has 1 atom stereocenters. The third kappa shape index (κ3) is 5.73. The Kier molecular flexibility index (Phi) is 7.99. The second kappa shape index (κ2) is 10.3. The van der Waals surface area contributed by atoms with Crippen LogP contribution in [0.2, 0.25) is 15.1 Å². The summed E-state index contributed by atoms with van der Waals surface area (Å²) in [4.78, 5) is 0. The van der Waals surface area contributed by atoms with Crippen molar-refractivity contribution in [1.29, 1.82) is 0 Å². The smallest absolute Gasteiger partial charge is 0.191 e. The van der Waals surface area contributed by atoms with E-state index in [0.29, 0.717) is 49.7 Å². The number of aromatic nitrogens is 3. The fraction of sp³-hybridized carbons (Fsp3) is 0.263. The van der Waals surface area contributed by atoms with Crippen LogP contribution in [-0.4, -0.2) is 19.0 Å². The van der Waals surface area contributed by atoms with Gasteiger partial charge < -0.3 is 4.57 Å². The molecule has 0 bridgehead atoms. The van der Waals surface area contributed by atoms with Gasteiger partial charge in [-0.15, -0.1) is 10.2 Å². The summed E-state index contributed by atoms with van der Waals surface area (Å²) in [7, 11) is -1.23. The van der Waals surface area contributed by atoms with Crippen LogP contribution in [0, 0.1) is 5.82 Å². The van der Waals surface area contributed by atoms with Crippen LogP contribution in [-0.2, 0) is 34.6 Å². The zero-order chi connectivity index (χ0) is 21.0. The minimum atomic E-state index is -1.23. The Bertz CT molecular complexity index is 1030. The number of halogens is 4. The van der Waals surface area contributed by atoms with Gasteiger partial charge in [-0.1, -0.05) is 58.7 Å². The summed E-state index contributed by atoms with van der Waals surface area (Å²) in [6, 6.07) is 9.72. The molecule has 0 aliphatic carbocycles. The number of hydrogen-bond acceptors (Lipinski definition) is 4. The lowest BCUT2D eigenvalue weighted by atomic mass is 10.2. The molecule has 1 heterocycles. The predicted octanol–water partition coefficient (Wildman–Crippen LogP) is 6.14. The fourth-order valence-corrected chi connectivity index (χ4v) is 5.79. The summed E-state index contributed by atoms with van der Waals surface area (Å²) in [6.45, 7) is 2.56. The summed E-state index contributed by atoms with van der Waals surface area (Å²) in [5.74, 6) is 1.11. The van der Waals surface area contributed by atoms with Gasteiger partial charge in [0.1, 0.15) is 11.6 Å². The van der Waals surface area contributed by atoms with Crippen molar-refractivity contribution in [2.45, 2.75) is 35.9 Å². The molecule has 4 nitrogen and oxygen atoms in total. The summed E-state index contributed by atoms with van der Waals surface area (Å²) in [5.41, 5.74) is 1.19. The Morgan fingerprint density at radius 2 is 1.90 bits per heavy atom. The lowest BCUT2D eigenvalue weighted by Gasteiger charge is -2.09. The van der Waals surface area contributed by atoms with E-state index in [1.54, 1.807) is 30.3 Å². The second-order valence-electron chi connectivity index (χ2n) is 6.10. The van der Waals surface area contributed by atoms with Crippen molar-refractivity contribution in [2.24, 2.45) is 0 Å². The molecule has 0 fully saturated rings. The molecule has 0 saturated carbocycles. The van der Waals surface area contributed by atoms with E-state index in [9.17, 15) is 8.60 Å². The van der Waals surface area contributed by atoms with Crippen molar-refractivity contribution in [3.63, 3.8) is 0 Å². The number of thioether (sulfide) groups is 1. The molecule has 0 N–H and O–H groups in total. The van der Waals surface area contributed by atoms with Crippen LogP contribution in [0.15, 0.2) is 41.6 Å². The molecule has 2 aromatic carbocycles. The first-order chi connectivity index (χ1) is 13.9. The summed E-state index contributed by atoms with van der Waals surface area (Å²) >= 11 is 19.5. The highest BCUT2D eigenvalue weighted by Crippen LogP contribution is 2.28. The lowest BCUT2D eigenvalue weighted by molar-refractivity contribution is 0.617. The van der Waals surface area contributed by atoms with Crippen molar-refractivity contribution < 1.29 is 8.60 Å². The molecule has 29 heavy (non-hydrogen) atoms. The number of rotatable bonds is 8. The number of hydrogen-bond donors (Lipinski definition) is 0. The molecule has 3 aromatic rings. The van der Waals surface area contributed by atoms with Crippen LogP contribution >= 0.6 is 46.6 Å². The highest BCUT2D eigenvalue weighted by atomic mass is 35.5. The number of nitrogens with zero attached hydrogens (tertiary/aromatic N) is 3. The predicted molar refractivity (Wildman–Crippen MR) is 119 cm³/mol. The maximum atomic E-state index is 14.0. The zero-order valence-electron chi connectivity index (χ0n) is 15.4. The average Bonchev–Trinajstić information content (AvgIpc) is 3.05. The third-order valence-corrected chi connectivity index (χ3v) is 7.29. The van der Waals surface area contributed by atoms with E-state index >= 15 is 0 Å². The van der Waals surface area contributed by atoms with Gasteiger partial charge in [-0.05, 0) is 36.8 Å². The SMILES string of the molecule is CCn1c(CS(=O)Cc2ccc(Cl)cc2Cl)nnc1SCc1c(F)cccc1Cl. The minimum absolute atomic E-state index is 0.237. The van der Waals surface area contributed by atoms with Gasteiger partial charge >= 0.3 is 0 Å². The van der Waals surface area contributed by atoms with Crippen LogP contribution in [0.5, 0.6) is 0 Å². The molecule has 10 heteroatoms. The van der Waals surface area contributed by atoms with Gasteiger partial charge in [-0.3, -0.25) is 4.21 Å². The minimum Gasteiger partial charge on any atom is -0.306 e. The molecule has 3 rings (SSSR count). The van der Waals surface area contributed by atoms with E-state index < -0.39 is 10.8 Å².